The lowest BCUT2D eigenvalue weighted by Crippen LogP contribution is -1.99. The summed E-state index contributed by atoms with van der Waals surface area (Å²) in [6.07, 6.45) is 12.7. The highest BCUT2D eigenvalue weighted by molar-refractivity contribution is 5.90. The average Bonchev–Trinajstić information content (AvgIpc) is 3.19. The van der Waals surface area contributed by atoms with Gasteiger partial charge in [-0.1, -0.05) is 18.2 Å². The highest BCUT2D eigenvalue weighted by Crippen LogP contribution is 2.31. The topological polar surface area (TPSA) is 77.4 Å². The van der Waals surface area contributed by atoms with E-state index in [4.69, 9.17) is 0 Å². The zero-order valence-corrected chi connectivity index (χ0v) is 14.8. The fourth-order valence-electron chi connectivity index (χ4n) is 3.04. The van der Waals surface area contributed by atoms with Crippen LogP contribution in [0.25, 0.3) is 23.1 Å². The summed E-state index contributed by atoms with van der Waals surface area (Å²) in [5, 5.41) is 14.1. The molecule has 0 aliphatic heterocycles. The second-order valence-electron chi connectivity index (χ2n) is 6.18. The molecule has 0 aliphatic rings. The quantitative estimate of drug-likeness (QED) is 0.539. The zero-order chi connectivity index (χ0) is 18.6. The molecule has 0 atom stereocenters. The molecular weight excluding hydrogens is 334 g/mol. The Morgan fingerprint density at radius 2 is 2.00 bits per heavy atom. The smallest absolute Gasteiger partial charge is 0.103 e. The summed E-state index contributed by atoms with van der Waals surface area (Å²) in [4.78, 5) is 11.5. The predicted molar refractivity (Wildman–Crippen MR) is 108 cm³/mol. The number of nitrogens with zero attached hydrogens (tertiary/aromatic N) is 3. The Hall–Kier alpha value is -3.91. The zero-order valence-electron chi connectivity index (χ0n) is 14.8. The Morgan fingerprint density at radius 3 is 2.81 bits per heavy atom. The third kappa shape index (κ3) is 3.29. The van der Waals surface area contributed by atoms with Crippen molar-refractivity contribution in [2.45, 2.75) is 6.92 Å². The van der Waals surface area contributed by atoms with Gasteiger partial charge in [-0.15, -0.1) is 0 Å². The fourth-order valence-corrected chi connectivity index (χ4v) is 3.04. The van der Waals surface area contributed by atoms with Crippen molar-refractivity contribution in [3.8, 4) is 6.07 Å². The molecule has 5 nitrogen and oxygen atoms in total. The SMILES string of the molecule is Cc1c(Nc2c(C#N)cncc2/C=C/c2cccnc2)ccc2[nH]ccc12. The Kier molecular flexibility index (Phi) is 4.38. The van der Waals surface area contributed by atoms with E-state index in [2.05, 4.69) is 39.3 Å². The molecule has 5 heteroatoms. The molecule has 0 saturated carbocycles. The summed E-state index contributed by atoms with van der Waals surface area (Å²) in [6.45, 7) is 2.07. The molecule has 4 rings (SSSR count). The number of aromatic nitrogens is 3. The van der Waals surface area contributed by atoms with Gasteiger partial charge in [-0.3, -0.25) is 9.97 Å². The van der Waals surface area contributed by atoms with E-state index in [1.165, 1.54) is 0 Å². The van der Waals surface area contributed by atoms with Crippen LogP contribution in [0.1, 0.15) is 22.3 Å². The molecule has 0 radical (unpaired) electrons. The minimum absolute atomic E-state index is 0.497. The molecule has 4 aromatic rings. The Bertz CT molecular complexity index is 1170. The number of hydrogen-bond acceptors (Lipinski definition) is 4. The van der Waals surface area contributed by atoms with Gasteiger partial charge in [0.25, 0.3) is 0 Å². The van der Waals surface area contributed by atoms with Crippen molar-refractivity contribution in [2.24, 2.45) is 0 Å². The van der Waals surface area contributed by atoms with E-state index in [-0.39, 0.29) is 0 Å². The first-order chi connectivity index (χ1) is 13.3. The van der Waals surface area contributed by atoms with Gasteiger partial charge < -0.3 is 10.3 Å². The van der Waals surface area contributed by atoms with Gasteiger partial charge >= 0.3 is 0 Å². The fraction of sp³-hybridized carbons (Fsp3) is 0.0455. The van der Waals surface area contributed by atoms with E-state index in [0.717, 1.165) is 39.0 Å². The first-order valence-electron chi connectivity index (χ1n) is 8.56. The van der Waals surface area contributed by atoms with Crippen LogP contribution in [0.15, 0.2) is 61.3 Å². The third-order valence-electron chi connectivity index (χ3n) is 4.50. The van der Waals surface area contributed by atoms with Gasteiger partial charge in [0.2, 0.25) is 0 Å². The number of nitrogens with one attached hydrogen (secondary N) is 2. The largest absolute Gasteiger partial charge is 0.361 e. The molecule has 27 heavy (non-hydrogen) atoms. The van der Waals surface area contributed by atoms with Gasteiger partial charge in [0.15, 0.2) is 0 Å². The van der Waals surface area contributed by atoms with Crippen molar-refractivity contribution in [2.75, 3.05) is 5.32 Å². The Labute approximate surface area is 157 Å². The van der Waals surface area contributed by atoms with Crippen LogP contribution in [0.5, 0.6) is 0 Å². The number of nitriles is 1. The second kappa shape index (κ2) is 7.14. The monoisotopic (exact) mass is 351 g/mol. The maximum absolute atomic E-state index is 9.55. The first-order valence-corrected chi connectivity index (χ1v) is 8.56. The molecule has 0 fully saturated rings. The molecule has 0 spiro atoms. The highest BCUT2D eigenvalue weighted by atomic mass is 14.9. The van der Waals surface area contributed by atoms with E-state index < -0.39 is 0 Å². The van der Waals surface area contributed by atoms with Crippen LogP contribution in [-0.2, 0) is 0 Å². The lowest BCUT2D eigenvalue weighted by atomic mass is 10.1. The maximum Gasteiger partial charge on any atom is 0.103 e. The van der Waals surface area contributed by atoms with E-state index in [1.807, 2.05) is 42.6 Å². The molecular formula is C22H17N5. The lowest BCUT2D eigenvalue weighted by Gasteiger charge is -2.14. The van der Waals surface area contributed by atoms with E-state index in [0.29, 0.717) is 5.56 Å². The molecule has 0 saturated heterocycles. The van der Waals surface area contributed by atoms with Crippen molar-refractivity contribution in [3.05, 3.63) is 83.6 Å². The van der Waals surface area contributed by atoms with Crippen LogP contribution in [-0.4, -0.2) is 15.0 Å². The minimum atomic E-state index is 0.497. The van der Waals surface area contributed by atoms with Crippen LogP contribution >= 0.6 is 0 Å². The molecule has 1 aromatic carbocycles. The van der Waals surface area contributed by atoms with Gasteiger partial charge in [0, 0.05) is 53.1 Å². The van der Waals surface area contributed by atoms with Crippen molar-refractivity contribution < 1.29 is 0 Å². The molecule has 3 heterocycles. The van der Waals surface area contributed by atoms with Crippen LogP contribution < -0.4 is 5.32 Å². The standard InChI is InChI=1S/C22H17N5/c1-15-19-8-10-26-21(19)7-6-20(15)27-22-17(13-25-14-18(22)11-23)5-4-16-3-2-9-24-12-16/h2-10,12-14,26H,1H3,(H,25,27)/b5-4+. The van der Waals surface area contributed by atoms with E-state index in [9.17, 15) is 5.26 Å². The summed E-state index contributed by atoms with van der Waals surface area (Å²) in [5.74, 6) is 0. The molecule has 0 amide bonds. The van der Waals surface area contributed by atoms with Crippen molar-refractivity contribution in [1.82, 2.24) is 15.0 Å². The second-order valence-corrected chi connectivity index (χ2v) is 6.18. The number of pyridine rings is 2. The van der Waals surface area contributed by atoms with Crippen LogP contribution in [0, 0.1) is 18.3 Å². The predicted octanol–water partition coefficient (Wildman–Crippen LogP) is 5.05. The van der Waals surface area contributed by atoms with Gasteiger partial charge in [0.05, 0.1) is 11.3 Å². The third-order valence-corrected chi connectivity index (χ3v) is 4.50. The number of rotatable bonds is 4. The number of anilines is 2. The summed E-state index contributed by atoms with van der Waals surface area (Å²) < 4.78 is 0. The van der Waals surface area contributed by atoms with E-state index in [1.54, 1.807) is 24.8 Å². The van der Waals surface area contributed by atoms with Gasteiger partial charge in [-0.25, -0.2) is 0 Å². The summed E-state index contributed by atoms with van der Waals surface area (Å²) in [5.41, 5.74) is 6.23. The lowest BCUT2D eigenvalue weighted by molar-refractivity contribution is 1.28. The van der Waals surface area contributed by atoms with Crippen molar-refractivity contribution in [3.63, 3.8) is 0 Å². The molecule has 0 unspecified atom stereocenters. The van der Waals surface area contributed by atoms with Crippen molar-refractivity contribution in [1.29, 1.82) is 5.26 Å². The number of aromatic amines is 1. The van der Waals surface area contributed by atoms with Gasteiger partial charge in [-0.2, -0.15) is 5.26 Å². The van der Waals surface area contributed by atoms with Crippen LogP contribution in [0.2, 0.25) is 0 Å². The van der Waals surface area contributed by atoms with Crippen LogP contribution in [0.4, 0.5) is 11.4 Å². The molecule has 130 valence electrons. The maximum atomic E-state index is 9.55. The molecule has 0 aliphatic carbocycles. The minimum Gasteiger partial charge on any atom is -0.361 e. The first kappa shape index (κ1) is 16.6. The highest BCUT2D eigenvalue weighted by Gasteiger charge is 2.11. The molecule has 3 aromatic heterocycles. The number of benzene rings is 1. The number of H-pyrrole nitrogens is 1. The van der Waals surface area contributed by atoms with Gasteiger partial charge in [0.1, 0.15) is 6.07 Å². The van der Waals surface area contributed by atoms with Crippen molar-refractivity contribution >= 4 is 34.4 Å². The molecule has 0 bridgehead atoms. The molecule has 2 N–H and O–H groups in total. The normalized spacial score (nSPS) is 11.0. The number of aryl methyl sites for hydroxylation is 1. The number of hydrogen-bond donors (Lipinski definition) is 2. The average molecular weight is 351 g/mol. The summed E-state index contributed by atoms with van der Waals surface area (Å²) in [7, 11) is 0. The van der Waals surface area contributed by atoms with E-state index >= 15 is 0 Å². The Morgan fingerprint density at radius 1 is 1.07 bits per heavy atom. The van der Waals surface area contributed by atoms with Crippen LogP contribution in [0.3, 0.4) is 0 Å². The van der Waals surface area contributed by atoms with Gasteiger partial charge in [-0.05, 0) is 42.3 Å². The summed E-state index contributed by atoms with van der Waals surface area (Å²) >= 11 is 0. The Balaban J connectivity index is 1.76. The summed E-state index contributed by atoms with van der Waals surface area (Å²) in [6, 6.07) is 12.2. The number of fused-ring (bicyclic) bond motifs is 1.